The summed E-state index contributed by atoms with van der Waals surface area (Å²) in [5, 5.41) is 2.82. The van der Waals surface area contributed by atoms with E-state index in [9.17, 15) is 4.79 Å². The highest BCUT2D eigenvalue weighted by Crippen LogP contribution is 2.25. The minimum atomic E-state index is -0.479. The molecular formula is C21H26N2O2. The lowest BCUT2D eigenvalue weighted by molar-refractivity contribution is 0.0523. The number of ether oxygens (including phenoxy) is 1. The lowest BCUT2D eigenvalue weighted by Crippen LogP contribution is -2.32. The highest BCUT2D eigenvalue weighted by Gasteiger charge is 2.17. The number of nitrogens with zero attached hydrogens (tertiary/aromatic N) is 1. The molecule has 25 heavy (non-hydrogen) atoms. The van der Waals surface area contributed by atoms with E-state index in [1.54, 1.807) is 0 Å². The first-order valence-corrected chi connectivity index (χ1v) is 8.78. The van der Waals surface area contributed by atoms with E-state index in [1.165, 1.54) is 16.8 Å². The van der Waals surface area contributed by atoms with Crippen molar-refractivity contribution < 1.29 is 9.53 Å². The van der Waals surface area contributed by atoms with Crippen LogP contribution in [0.15, 0.2) is 48.5 Å². The van der Waals surface area contributed by atoms with Gasteiger partial charge in [0.1, 0.15) is 5.60 Å². The van der Waals surface area contributed by atoms with Crippen LogP contribution >= 0.6 is 0 Å². The fourth-order valence-electron chi connectivity index (χ4n) is 3.07. The Bertz CT molecular complexity index is 750. The van der Waals surface area contributed by atoms with Crippen molar-refractivity contribution >= 4 is 11.8 Å². The van der Waals surface area contributed by atoms with Gasteiger partial charge in [0, 0.05) is 25.3 Å². The summed E-state index contributed by atoms with van der Waals surface area (Å²) in [4.78, 5) is 14.2. The molecule has 0 radical (unpaired) electrons. The number of alkyl carbamates (subject to hydrolysis) is 1. The molecule has 1 heterocycles. The third-order valence-electron chi connectivity index (χ3n) is 4.24. The van der Waals surface area contributed by atoms with Crippen molar-refractivity contribution in [1.82, 2.24) is 5.32 Å². The summed E-state index contributed by atoms with van der Waals surface area (Å²) < 4.78 is 5.28. The number of anilines is 1. The first-order chi connectivity index (χ1) is 11.9. The average molecular weight is 338 g/mol. The van der Waals surface area contributed by atoms with Crippen LogP contribution in [0.5, 0.6) is 0 Å². The van der Waals surface area contributed by atoms with Gasteiger partial charge < -0.3 is 15.0 Å². The molecule has 0 aliphatic carbocycles. The number of carbonyl (C=O) groups excluding carboxylic acids is 1. The second-order valence-electron chi connectivity index (χ2n) is 7.47. The Kier molecular flexibility index (Phi) is 4.98. The molecule has 0 atom stereocenters. The van der Waals surface area contributed by atoms with Gasteiger partial charge in [-0.1, -0.05) is 36.4 Å². The van der Waals surface area contributed by atoms with Crippen molar-refractivity contribution in [2.45, 2.75) is 45.9 Å². The summed E-state index contributed by atoms with van der Waals surface area (Å²) in [6, 6.07) is 17.0. The minimum Gasteiger partial charge on any atom is -0.444 e. The van der Waals surface area contributed by atoms with Crippen LogP contribution in [0.1, 0.15) is 37.5 Å². The Morgan fingerprint density at radius 1 is 1.12 bits per heavy atom. The SMILES string of the molecule is CC(C)(C)OC(=O)NCc1cccc(N2CCc3ccccc3C2)c1. The largest absolute Gasteiger partial charge is 0.444 e. The van der Waals surface area contributed by atoms with Gasteiger partial charge in [0.15, 0.2) is 0 Å². The van der Waals surface area contributed by atoms with Crippen LogP contribution in [0.25, 0.3) is 0 Å². The van der Waals surface area contributed by atoms with Crippen LogP contribution < -0.4 is 10.2 Å². The van der Waals surface area contributed by atoms with Gasteiger partial charge in [-0.2, -0.15) is 0 Å². The van der Waals surface area contributed by atoms with Crippen LogP contribution in [-0.2, 0) is 24.2 Å². The van der Waals surface area contributed by atoms with Gasteiger partial charge in [-0.3, -0.25) is 0 Å². The van der Waals surface area contributed by atoms with Crippen molar-refractivity contribution in [2.24, 2.45) is 0 Å². The molecule has 0 saturated heterocycles. The number of hydrogen-bond donors (Lipinski definition) is 1. The Labute approximate surface area is 149 Å². The van der Waals surface area contributed by atoms with Gasteiger partial charge in [-0.25, -0.2) is 4.79 Å². The fourth-order valence-corrected chi connectivity index (χ4v) is 3.07. The molecule has 1 aliphatic heterocycles. The monoisotopic (exact) mass is 338 g/mol. The molecule has 0 spiro atoms. The lowest BCUT2D eigenvalue weighted by Gasteiger charge is -2.31. The molecule has 4 heteroatoms. The molecule has 1 N–H and O–H groups in total. The standard InChI is InChI=1S/C21H26N2O2/c1-21(2,3)25-20(24)22-14-16-7-6-10-19(13-16)23-12-11-17-8-4-5-9-18(17)15-23/h4-10,13H,11-12,14-15H2,1-3H3,(H,22,24). The summed E-state index contributed by atoms with van der Waals surface area (Å²) in [6.45, 7) is 8.00. The third-order valence-corrected chi connectivity index (χ3v) is 4.24. The van der Waals surface area contributed by atoms with E-state index in [-0.39, 0.29) is 6.09 Å². The summed E-state index contributed by atoms with van der Waals surface area (Å²) in [7, 11) is 0. The summed E-state index contributed by atoms with van der Waals surface area (Å²) in [6.07, 6.45) is 0.682. The molecule has 0 saturated carbocycles. The van der Waals surface area contributed by atoms with Crippen molar-refractivity contribution in [1.29, 1.82) is 0 Å². The number of hydrogen-bond acceptors (Lipinski definition) is 3. The Morgan fingerprint density at radius 2 is 1.88 bits per heavy atom. The van der Waals surface area contributed by atoms with E-state index in [2.05, 4.69) is 46.6 Å². The Hall–Kier alpha value is -2.49. The van der Waals surface area contributed by atoms with Gasteiger partial charge in [-0.05, 0) is 56.0 Å². The molecule has 0 bridgehead atoms. The molecule has 0 unspecified atom stereocenters. The molecular weight excluding hydrogens is 312 g/mol. The summed E-state index contributed by atoms with van der Waals surface area (Å²) in [5.41, 5.74) is 4.63. The van der Waals surface area contributed by atoms with E-state index < -0.39 is 5.60 Å². The zero-order valence-corrected chi connectivity index (χ0v) is 15.2. The number of nitrogens with one attached hydrogen (secondary N) is 1. The van der Waals surface area contributed by atoms with Crippen molar-refractivity contribution in [3.05, 3.63) is 65.2 Å². The van der Waals surface area contributed by atoms with Gasteiger partial charge >= 0.3 is 6.09 Å². The predicted molar refractivity (Wildman–Crippen MR) is 101 cm³/mol. The summed E-state index contributed by atoms with van der Waals surface area (Å²) in [5.74, 6) is 0. The molecule has 0 fully saturated rings. The highest BCUT2D eigenvalue weighted by atomic mass is 16.6. The fraction of sp³-hybridized carbons (Fsp3) is 0.381. The Morgan fingerprint density at radius 3 is 2.64 bits per heavy atom. The number of carbonyl (C=O) groups is 1. The molecule has 3 rings (SSSR count). The lowest BCUT2D eigenvalue weighted by atomic mass is 9.99. The Balaban J connectivity index is 1.63. The summed E-state index contributed by atoms with van der Waals surface area (Å²) >= 11 is 0. The topological polar surface area (TPSA) is 41.6 Å². The number of benzene rings is 2. The van der Waals surface area contributed by atoms with Gasteiger partial charge in [-0.15, -0.1) is 0 Å². The van der Waals surface area contributed by atoms with Crippen LogP contribution in [0.3, 0.4) is 0 Å². The van der Waals surface area contributed by atoms with Crippen LogP contribution in [0, 0.1) is 0 Å². The maximum Gasteiger partial charge on any atom is 0.407 e. The van der Waals surface area contributed by atoms with E-state index in [4.69, 9.17) is 4.74 Å². The van der Waals surface area contributed by atoms with Crippen molar-refractivity contribution in [3.8, 4) is 0 Å². The smallest absolute Gasteiger partial charge is 0.407 e. The maximum absolute atomic E-state index is 11.8. The molecule has 2 aromatic rings. The molecule has 4 nitrogen and oxygen atoms in total. The number of fused-ring (bicyclic) bond motifs is 1. The quantitative estimate of drug-likeness (QED) is 0.908. The van der Waals surface area contributed by atoms with Crippen LogP contribution in [0.2, 0.25) is 0 Å². The van der Waals surface area contributed by atoms with Crippen molar-refractivity contribution in [2.75, 3.05) is 11.4 Å². The zero-order valence-electron chi connectivity index (χ0n) is 15.2. The van der Waals surface area contributed by atoms with E-state index >= 15 is 0 Å². The normalized spacial score (nSPS) is 14.0. The zero-order chi connectivity index (χ0) is 17.9. The number of rotatable bonds is 3. The van der Waals surface area contributed by atoms with Gasteiger partial charge in [0.25, 0.3) is 0 Å². The van der Waals surface area contributed by atoms with Gasteiger partial charge in [0.2, 0.25) is 0 Å². The second-order valence-corrected chi connectivity index (χ2v) is 7.47. The average Bonchev–Trinajstić information content (AvgIpc) is 2.58. The first-order valence-electron chi connectivity index (χ1n) is 8.78. The second kappa shape index (κ2) is 7.18. The van der Waals surface area contributed by atoms with Gasteiger partial charge in [0.05, 0.1) is 0 Å². The molecule has 1 amide bonds. The predicted octanol–water partition coefficient (Wildman–Crippen LogP) is 4.27. The van der Waals surface area contributed by atoms with Crippen molar-refractivity contribution in [3.63, 3.8) is 0 Å². The maximum atomic E-state index is 11.8. The molecule has 2 aromatic carbocycles. The number of amides is 1. The van der Waals surface area contributed by atoms with Crippen LogP contribution in [-0.4, -0.2) is 18.2 Å². The molecule has 132 valence electrons. The molecule has 1 aliphatic rings. The van der Waals surface area contributed by atoms with E-state index in [0.29, 0.717) is 6.54 Å². The minimum absolute atomic E-state index is 0.384. The molecule has 0 aromatic heterocycles. The van der Waals surface area contributed by atoms with E-state index in [1.807, 2.05) is 32.9 Å². The highest BCUT2D eigenvalue weighted by molar-refractivity contribution is 5.67. The van der Waals surface area contributed by atoms with Crippen LogP contribution in [0.4, 0.5) is 10.5 Å². The van der Waals surface area contributed by atoms with E-state index in [0.717, 1.165) is 25.1 Å². The first kappa shape index (κ1) is 17.3. The third kappa shape index (κ3) is 4.75.